The van der Waals surface area contributed by atoms with Gasteiger partial charge in [-0.2, -0.15) is 0 Å². The molecule has 0 spiro atoms. The molecular formula is C26H32N2O4S. The third-order valence-corrected chi connectivity index (χ3v) is 8.31. The molecule has 2 N–H and O–H groups in total. The summed E-state index contributed by atoms with van der Waals surface area (Å²) in [7, 11) is 0. The SMILES string of the molecule is CCOc1cc(NC(=O)C23CC4CC(CC(C4)C2)C3)c(OCC)cc1NC(=O)c1cccs1. The van der Waals surface area contributed by atoms with E-state index in [2.05, 4.69) is 10.6 Å². The van der Waals surface area contributed by atoms with Crippen LogP contribution in [-0.4, -0.2) is 25.0 Å². The third kappa shape index (κ3) is 4.35. The zero-order valence-corrected chi connectivity index (χ0v) is 20.1. The van der Waals surface area contributed by atoms with Crippen LogP contribution >= 0.6 is 11.3 Å². The highest BCUT2D eigenvalue weighted by atomic mass is 32.1. The Labute approximate surface area is 199 Å². The van der Waals surface area contributed by atoms with Crippen LogP contribution in [0, 0.1) is 23.2 Å². The molecule has 4 saturated carbocycles. The van der Waals surface area contributed by atoms with E-state index in [1.807, 2.05) is 25.3 Å². The Kier molecular flexibility index (Phi) is 6.08. The minimum absolute atomic E-state index is 0.111. The molecule has 6 nitrogen and oxygen atoms in total. The molecule has 7 heteroatoms. The van der Waals surface area contributed by atoms with Gasteiger partial charge in [-0.05, 0) is 81.6 Å². The van der Waals surface area contributed by atoms with E-state index in [4.69, 9.17) is 9.47 Å². The van der Waals surface area contributed by atoms with Crippen LogP contribution in [-0.2, 0) is 4.79 Å². The fourth-order valence-electron chi connectivity index (χ4n) is 6.54. The van der Waals surface area contributed by atoms with Gasteiger partial charge in [0.15, 0.2) is 0 Å². The summed E-state index contributed by atoms with van der Waals surface area (Å²) >= 11 is 1.38. The Morgan fingerprint density at radius 1 is 0.939 bits per heavy atom. The lowest BCUT2D eigenvalue weighted by molar-refractivity contribution is -0.140. The standard InChI is InChI=1S/C26H32N2O4S/c1-3-31-21-12-20(22(32-4-2)11-19(21)27-24(29)23-6-5-7-33-23)28-25(30)26-13-16-8-17(14-26)10-18(9-16)15-26/h5-7,11-12,16-18H,3-4,8-10,13-15H2,1-2H3,(H,27,29)(H,28,30). The van der Waals surface area contributed by atoms with Crippen molar-refractivity contribution in [1.82, 2.24) is 0 Å². The van der Waals surface area contributed by atoms with Gasteiger partial charge in [0.25, 0.3) is 5.91 Å². The Morgan fingerprint density at radius 2 is 1.48 bits per heavy atom. The topological polar surface area (TPSA) is 76.7 Å². The lowest BCUT2D eigenvalue weighted by atomic mass is 9.49. The summed E-state index contributed by atoms with van der Waals surface area (Å²) < 4.78 is 11.7. The summed E-state index contributed by atoms with van der Waals surface area (Å²) in [5, 5.41) is 8.01. The van der Waals surface area contributed by atoms with Gasteiger partial charge in [0.2, 0.25) is 5.91 Å². The molecule has 4 aliphatic carbocycles. The summed E-state index contributed by atoms with van der Waals surface area (Å²) in [6, 6.07) is 7.17. The van der Waals surface area contributed by atoms with Crippen LogP contribution in [0.5, 0.6) is 11.5 Å². The number of thiophene rings is 1. The molecule has 2 amide bonds. The second-order valence-electron chi connectivity index (χ2n) is 9.79. The number of carbonyl (C=O) groups excluding carboxylic acids is 2. The number of carbonyl (C=O) groups is 2. The van der Waals surface area contributed by atoms with Gasteiger partial charge in [0, 0.05) is 12.1 Å². The van der Waals surface area contributed by atoms with Crippen LogP contribution in [0.1, 0.15) is 62.0 Å². The molecule has 176 valence electrons. The minimum atomic E-state index is -0.254. The Morgan fingerprint density at radius 3 is 1.97 bits per heavy atom. The van der Waals surface area contributed by atoms with Crippen molar-refractivity contribution in [2.24, 2.45) is 23.2 Å². The van der Waals surface area contributed by atoms with E-state index in [0.717, 1.165) is 19.3 Å². The van der Waals surface area contributed by atoms with E-state index in [0.29, 0.717) is 58.7 Å². The molecule has 1 heterocycles. The molecule has 2 aromatic rings. The van der Waals surface area contributed by atoms with E-state index >= 15 is 0 Å². The number of rotatable bonds is 8. The first-order valence-corrected chi connectivity index (χ1v) is 13.0. The Hall–Kier alpha value is -2.54. The number of ether oxygens (including phenoxy) is 2. The van der Waals surface area contributed by atoms with Crippen molar-refractivity contribution >= 4 is 34.5 Å². The van der Waals surface area contributed by atoms with Gasteiger partial charge in [0.1, 0.15) is 11.5 Å². The molecule has 4 aliphatic rings. The second kappa shape index (κ2) is 9.01. The van der Waals surface area contributed by atoms with Gasteiger partial charge >= 0.3 is 0 Å². The van der Waals surface area contributed by atoms with Gasteiger partial charge in [-0.1, -0.05) is 6.07 Å². The van der Waals surface area contributed by atoms with Crippen LogP contribution in [0.4, 0.5) is 11.4 Å². The van der Waals surface area contributed by atoms with Gasteiger partial charge < -0.3 is 20.1 Å². The fraction of sp³-hybridized carbons (Fsp3) is 0.538. The second-order valence-corrected chi connectivity index (χ2v) is 10.7. The quantitative estimate of drug-likeness (QED) is 0.502. The predicted octanol–water partition coefficient (Wildman–Crippen LogP) is 5.95. The first kappa shape index (κ1) is 22.3. The number of hydrogen-bond donors (Lipinski definition) is 2. The summed E-state index contributed by atoms with van der Waals surface area (Å²) in [6.45, 7) is 4.70. The first-order chi connectivity index (χ1) is 16.0. The minimum Gasteiger partial charge on any atom is -0.492 e. The molecule has 0 radical (unpaired) electrons. The van der Waals surface area contributed by atoms with Gasteiger partial charge in [-0.15, -0.1) is 11.3 Å². The van der Waals surface area contributed by atoms with Gasteiger partial charge in [-0.25, -0.2) is 0 Å². The molecule has 1 aromatic heterocycles. The summed E-state index contributed by atoms with van der Waals surface area (Å²) in [4.78, 5) is 26.9. The Balaban J connectivity index is 1.42. The van der Waals surface area contributed by atoms with E-state index in [1.165, 1.54) is 30.6 Å². The molecular weight excluding hydrogens is 436 g/mol. The maximum atomic E-state index is 13.6. The molecule has 4 fully saturated rings. The highest BCUT2D eigenvalue weighted by molar-refractivity contribution is 7.12. The molecule has 4 bridgehead atoms. The molecule has 0 saturated heterocycles. The molecule has 0 atom stereocenters. The van der Waals surface area contributed by atoms with Crippen LogP contribution in [0.25, 0.3) is 0 Å². The lowest BCUT2D eigenvalue weighted by Gasteiger charge is -2.55. The van der Waals surface area contributed by atoms with E-state index in [-0.39, 0.29) is 17.2 Å². The molecule has 0 unspecified atom stereocenters. The largest absolute Gasteiger partial charge is 0.492 e. The summed E-state index contributed by atoms with van der Waals surface area (Å²) in [5.41, 5.74) is 0.887. The fourth-order valence-corrected chi connectivity index (χ4v) is 7.16. The maximum Gasteiger partial charge on any atom is 0.265 e. The molecule has 0 aliphatic heterocycles. The van der Waals surface area contributed by atoms with Crippen molar-refractivity contribution in [3.05, 3.63) is 34.5 Å². The number of hydrogen-bond acceptors (Lipinski definition) is 5. The highest BCUT2D eigenvalue weighted by Gasteiger charge is 2.54. The van der Waals surface area contributed by atoms with Crippen molar-refractivity contribution in [3.8, 4) is 11.5 Å². The van der Waals surface area contributed by atoms with E-state index in [9.17, 15) is 9.59 Å². The van der Waals surface area contributed by atoms with Crippen molar-refractivity contribution in [2.45, 2.75) is 52.4 Å². The number of amides is 2. The smallest absolute Gasteiger partial charge is 0.265 e. The van der Waals surface area contributed by atoms with E-state index < -0.39 is 0 Å². The van der Waals surface area contributed by atoms with Gasteiger partial charge in [-0.3, -0.25) is 9.59 Å². The molecule has 1 aromatic carbocycles. The number of anilines is 2. The normalized spacial score (nSPS) is 27.3. The summed E-state index contributed by atoms with van der Waals surface area (Å²) in [6.07, 6.45) is 6.89. The monoisotopic (exact) mass is 468 g/mol. The zero-order valence-electron chi connectivity index (χ0n) is 19.3. The zero-order chi connectivity index (χ0) is 23.0. The van der Waals surface area contributed by atoms with Crippen molar-refractivity contribution in [2.75, 3.05) is 23.8 Å². The van der Waals surface area contributed by atoms with Crippen LogP contribution in [0.2, 0.25) is 0 Å². The van der Waals surface area contributed by atoms with Crippen molar-refractivity contribution in [1.29, 1.82) is 0 Å². The highest BCUT2D eigenvalue weighted by Crippen LogP contribution is 2.60. The van der Waals surface area contributed by atoms with Crippen molar-refractivity contribution in [3.63, 3.8) is 0 Å². The van der Waals surface area contributed by atoms with E-state index in [1.54, 1.807) is 18.2 Å². The number of benzene rings is 1. The van der Waals surface area contributed by atoms with Crippen molar-refractivity contribution < 1.29 is 19.1 Å². The third-order valence-electron chi connectivity index (χ3n) is 7.44. The maximum absolute atomic E-state index is 13.6. The summed E-state index contributed by atoms with van der Waals surface area (Å²) in [5.74, 6) is 3.07. The Bertz CT molecular complexity index is 998. The predicted molar refractivity (Wildman–Crippen MR) is 130 cm³/mol. The average Bonchev–Trinajstić information content (AvgIpc) is 3.31. The lowest BCUT2D eigenvalue weighted by Crippen LogP contribution is -2.51. The average molecular weight is 469 g/mol. The van der Waals surface area contributed by atoms with Crippen LogP contribution < -0.4 is 20.1 Å². The van der Waals surface area contributed by atoms with Crippen LogP contribution in [0.15, 0.2) is 29.6 Å². The molecule has 6 rings (SSSR count). The number of nitrogens with one attached hydrogen (secondary N) is 2. The molecule has 33 heavy (non-hydrogen) atoms. The first-order valence-electron chi connectivity index (χ1n) is 12.1. The van der Waals surface area contributed by atoms with Crippen LogP contribution in [0.3, 0.4) is 0 Å². The van der Waals surface area contributed by atoms with Gasteiger partial charge in [0.05, 0.1) is 34.9 Å².